The highest BCUT2D eigenvalue weighted by Gasteiger charge is 2.40. The van der Waals surface area contributed by atoms with E-state index in [1.54, 1.807) is 36.4 Å². The van der Waals surface area contributed by atoms with Gasteiger partial charge in [-0.2, -0.15) is 4.31 Å². The Balaban J connectivity index is 1.71. The predicted molar refractivity (Wildman–Crippen MR) is 144 cm³/mol. The molecule has 6 rings (SSSR count). The Morgan fingerprint density at radius 3 is 2.65 bits per heavy atom. The summed E-state index contributed by atoms with van der Waals surface area (Å²) in [6.07, 6.45) is 1.92. The van der Waals surface area contributed by atoms with Crippen LogP contribution in [0.15, 0.2) is 57.1 Å². The van der Waals surface area contributed by atoms with Crippen molar-refractivity contribution >= 4 is 15.9 Å². The third-order valence-corrected chi connectivity index (χ3v) is 8.90. The van der Waals surface area contributed by atoms with Crippen LogP contribution in [0.4, 0.5) is 0 Å². The first-order valence-electron chi connectivity index (χ1n) is 12.7. The number of aryl methyl sites for hydroxylation is 1. The molecule has 1 unspecified atom stereocenters. The van der Waals surface area contributed by atoms with Crippen molar-refractivity contribution in [2.75, 3.05) is 33.4 Å². The van der Waals surface area contributed by atoms with Crippen LogP contribution in [0.25, 0.3) is 0 Å². The monoisotopic (exact) mass is 570 g/mol. The molecule has 1 aromatic heterocycles. The fourth-order valence-electron chi connectivity index (χ4n) is 5.02. The molecule has 0 spiro atoms. The smallest absolute Gasteiger partial charge is 0.330 e. The zero-order valence-electron chi connectivity index (χ0n) is 22.4. The Morgan fingerprint density at radius 1 is 1.07 bits per heavy atom. The molecule has 3 aliphatic heterocycles. The lowest BCUT2D eigenvalue weighted by Gasteiger charge is -2.37. The second-order valence-electron chi connectivity index (χ2n) is 9.63. The van der Waals surface area contributed by atoms with E-state index in [9.17, 15) is 22.8 Å². The molecule has 0 radical (unpaired) electrons. The van der Waals surface area contributed by atoms with Crippen molar-refractivity contribution in [2.45, 2.75) is 23.8 Å². The molecule has 0 aliphatic carbocycles. The van der Waals surface area contributed by atoms with Gasteiger partial charge in [-0.15, -0.1) is 0 Å². The highest BCUT2D eigenvalue weighted by Crippen LogP contribution is 2.43. The van der Waals surface area contributed by atoms with Gasteiger partial charge >= 0.3 is 5.69 Å². The summed E-state index contributed by atoms with van der Waals surface area (Å²) in [4.78, 5) is 37.1. The Morgan fingerprint density at radius 2 is 1.88 bits per heavy atom. The van der Waals surface area contributed by atoms with E-state index < -0.39 is 32.2 Å². The van der Waals surface area contributed by atoms with Crippen molar-refractivity contribution in [2.24, 2.45) is 14.1 Å². The molecule has 1 atom stereocenters. The Bertz CT molecular complexity index is 1700. The molecule has 4 heterocycles. The number of fused-ring (bicyclic) bond motifs is 8. The summed E-state index contributed by atoms with van der Waals surface area (Å²) >= 11 is 0. The number of sulfonamides is 1. The number of benzene rings is 2. The average molecular weight is 571 g/mol. The second kappa shape index (κ2) is 10.8. The molecule has 2 aromatic carbocycles. The van der Waals surface area contributed by atoms with Crippen molar-refractivity contribution in [3.63, 3.8) is 0 Å². The van der Waals surface area contributed by atoms with Gasteiger partial charge in [-0.1, -0.05) is 12.1 Å². The number of methoxy groups -OCH3 is 1. The molecule has 3 aliphatic rings. The summed E-state index contributed by atoms with van der Waals surface area (Å²) in [6.45, 7) is 0.558. The largest absolute Gasteiger partial charge is 0.494 e. The fourth-order valence-corrected chi connectivity index (χ4v) is 6.76. The standard InChI is InChI=1S/C27H30N4O8S/c1-29-15-23(26(33)30(2)27(29)34)40(35,36)31-10-8-17-13-22-21(37-3)14-20(17)25(31)18-6-4-7-19(12-18)38-11-5-9-28-24(32)16-39-22/h4,6-7,12-15,25H,5,8-11,16H2,1-3H3,(H,28,32). The molecule has 40 heavy (non-hydrogen) atoms. The normalized spacial score (nSPS) is 18.0. The van der Waals surface area contributed by atoms with Crippen LogP contribution in [0.5, 0.6) is 17.2 Å². The molecule has 0 saturated carbocycles. The minimum Gasteiger partial charge on any atom is -0.494 e. The van der Waals surface area contributed by atoms with Gasteiger partial charge in [-0.3, -0.25) is 14.2 Å². The van der Waals surface area contributed by atoms with Crippen molar-refractivity contribution < 1.29 is 27.4 Å². The summed E-state index contributed by atoms with van der Waals surface area (Å²) in [7, 11) is -0.292. The van der Waals surface area contributed by atoms with E-state index in [4.69, 9.17) is 14.2 Å². The van der Waals surface area contributed by atoms with Gasteiger partial charge in [-0.05, 0) is 53.8 Å². The maximum Gasteiger partial charge on any atom is 0.330 e. The number of rotatable bonds is 3. The number of hydrogen-bond donors (Lipinski definition) is 1. The van der Waals surface area contributed by atoms with Gasteiger partial charge in [0.25, 0.3) is 21.5 Å². The van der Waals surface area contributed by atoms with Gasteiger partial charge in [0.1, 0.15) is 5.75 Å². The number of ether oxygens (including phenoxy) is 3. The number of nitrogens with zero attached hydrogens (tertiary/aromatic N) is 3. The highest BCUT2D eigenvalue weighted by atomic mass is 32.2. The number of amides is 1. The van der Waals surface area contributed by atoms with Crippen molar-refractivity contribution in [1.29, 1.82) is 0 Å². The SMILES string of the molecule is COc1cc2c3cc1OCC(=O)NCCCOc1cccc(c1)C2N(S(=O)(=O)c1cn(C)c(=O)n(C)c1=O)CC3. The van der Waals surface area contributed by atoms with E-state index in [0.29, 0.717) is 54.4 Å². The van der Waals surface area contributed by atoms with Crippen molar-refractivity contribution in [3.05, 3.63) is 80.1 Å². The third-order valence-electron chi connectivity index (χ3n) is 7.06. The third kappa shape index (κ3) is 4.97. The predicted octanol–water partition coefficient (Wildman–Crippen LogP) is 0.707. The Kier molecular flexibility index (Phi) is 7.43. The molecule has 3 aromatic rings. The van der Waals surface area contributed by atoms with E-state index in [0.717, 1.165) is 20.9 Å². The summed E-state index contributed by atoms with van der Waals surface area (Å²) in [5, 5.41) is 2.79. The lowest BCUT2D eigenvalue weighted by molar-refractivity contribution is -0.123. The summed E-state index contributed by atoms with van der Waals surface area (Å²) in [6, 6.07) is 9.72. The highest BCUT2D eigenvalue weighted by molar-refractivity contribution is 7.89. The lowest BCUT2D eigenvalue weighted by atomic mass is 9.89. The minimum absolute atomic E-state index is 0.0450. The van der Waals surface area contributed by atoms with Gasteiger partial charge in [0, 0.05) is 33.4 Å². The summed E-state index contributed by atoms with van der Waals surface area (Å²) < 4.78 is 48.7. The van der Waals surface area contributed by atoms with Crippen LogP contribution in [0, 0.1) is 0 Å². The Hall–Kier alpha value is -4.10. The van der Waals surface area contributed by atoms with Gasteiger partial charge in [0.15, 0.2) is 23.0 Å². The Labute approximate surface area is 230 Å². The first kappa shape index (κ1) is 27.5. The molecule has 1 amide bonds. The lowest BCUT2D eigenvalue weighted by Crippen LogP contribution is -2.45. The molecular weight excluding hydrogens is 540 g/mol. The quantitative estimate of drug-likeness (QED) is 0.486. The molecular formula is C27H30N4O8S. The number of carbonyl (C=O) groups excluding carboxylic acids is 1. The van der Waals surface area contributed by atoms with E-state index in [1.807, 2.05) is 0 Å². The summed E-state index contributed by atoms with van der Waals surface area (Å²) in [5.41, 5.74) is 0.529. The first-order chi connectivity index (χ1) is 19.1. The van der Waals surface area contributed by atoms with Gasteiger partial charge in [0.2, 0.25) is 0 Å². The molecule has 0 fully saturated rings. The maximum atomic E-state index is 14.1. The van der Waals surface area contributed by atoms with Crippen LogP contribution >= 0.6 is 0 Å². The second-order valence-corrected chi connectivity index (χ2v) is 11.5. The molecule has 12 nitrogen and oxygen atoms in total. The van der Waals surface area contributed by atoms with Gasteiger partial charge in [0.05, 0.1) is 19.8 Å². The van der Waals surface area contributed by atoms with Crippen molar-refractivity contribution in [3.8, 4) is 17.2 Å². The van der Waals surface area contributed by atoms with E-state index >= 15 is 0 Å². The van der Waals surface area contributed by atoms with Crippen LogP contribution in [-0.2, 0) is 35.3 Å². The number of carbonyl (C=O) groups is 1. The molecule has 0 saturated heterocycles. The zero-order valence-corrected chi connectivity index (χ0v) is 23.2. The van der Waals surface area contributed by atoms with E-state index in [-0.39, 0.29) is 19.1 Å². The number of hydrogen-bond acceptors (Lipinski definition) is 8. The fraction of sp³-hybridized carbons (Fsp3) is 0.370. The van der Waals surface area contributed by atoms with E-state index in [2.05, 4.69) is 5.32 Å². The van der Waals surface area contributed by atoms with E-state index in [1.165, 1.54) is 25.5 Å². The van der Waals surface area contributed by atoms with Crippen LogP contribution in [0.3, 0.4) is 0 Å². The van der Waals surface area contributed by atoms with Crippen LogP contribution in [0.1, 0.15) is 29.2 Å². The van der Waals surface area contributed by atoms with Crippen LogP contribution in [0.2, 0.25) is 0 Å². The average Bonchev–Trinajstić information content (AvgIpc) is 2.95. The summed E-state index contributed by atoms with van der Waals surface area (Å²) in [5.74, 6) is 0.934. The topological polar surface area (TPSA) is 138 Å². The molecule has 13 heteroatoms. The van der Waals surface area contributed by atoms with Crippen LogP contribution < -0.4 is 30.8 Å². The van der Waals surface area contributed by atoms with Gasteiger partial charge < -0.3 is 24.1 Å². The minimum atomic E-state index is -4.39. The first-order valence-corrected chi connectivity index (χ1v) is 14.2. The van der Waals surface area contributed by atoms with Crippen molar-refractivity contribution in [1.82, 2.24) is 18.8 Å². The van der Waals surface area contributed by atoms with Crippen LogP contribution in [-0.4, -0.2) is 61.2 Å². The molecule has 6 bridgehead atoms. The zero-order chi connectivity index (χ0) is 28.6. The van der Waals surface area contributed by atoms with Gasteiger partial charge in [-0.25, -0.2) is 13.2 Å². The molecule has 212 valence electrons. The molecule has 1 N–H and O–H groups in total. The maximum absolute atomic E-state index is 14.1. The number of aromatic nitrogens is 2. The number of nitrogens with one attached hydrogen (secondary N) is 1.